The standard InChI is InChI=1S/C15H26N2O5/c1-14(2,3)21-12(19)16-9-7-8-10(18)11(9)17-13(20)22-15(4,5)6/h7-11,18H,1-6H3,(H,16,19)(H,17,20)/t9-,10-,11+/m1/s1. The van der Waals surface area contributed by atoms with E-state index < -0.39 is 41.6 Å². The predicted molar refractivity (Wildman–Crippen MR) is 81.5 cm³/mol. The molecule has 0 aliphatic heterocycles. The monoisotopic (exact) mass is 314 g/mol. The largest absolute Gasteiger partial charge is 0.444 e. The lowest BCUT2D eigenvalue weighted by Crippen LogP contribution is -2.54. The van der Waals surface area contributed by atoms with Crippen LogP contribution in [-0.2, 0) is 9.47 Å². The highest BCUT2D eigenvalue weighted by Crippen LogP contribution is 2.15. The number of alkyl carbamates (subject to hydrolysis) is 2. The van der Waals surface area contributed by atoms with Gasteiger partial charge in [0, 0.05) is 0 Å². The summed E-state index contributed by atoms with van der Waals surface area (Å²) in [4.78, 5) is 23.6. The quantitative estimate of drug-likeness (QED) is 0.674. The second-order valence-electron chi connectivity index (χ2n) is 7.22. The van der Waals surface area contributed by atoms with Crippen LogP contribution in [0.4, 0.5) is 9.59 Å². The van der Waals surface area contributed by atoms with Gasteiger partial charge in [0.25, 0.3) is 0 Å². The van der Waals surface area contributed by atoms with Crippen LogP contribution in [0.5, 0.6) is 0 Å². The molecule has 0 aromatic heterocycles. The number of carbonyl (C=O) groups excluding carboxylic acids is 2. The minimum atomic E-state index is -0.910. The van der Waals surface area contributed by atoms with Gasteiger partial charge in [0.2, 0.25) is 0 Å². The van der Waals surface area contributed by atoms with Crippen LogP contribution >= 0.6 is 0 Å². The molecule has 0 saturated carbocycles. The lowest BCUT2D eigenvalue weighted by atomic mass is 10.1. The number of ether oxygens (including phenoxy) is 2. The first-order valence-corrected chi connectivity index (χ1v) is 7.23. The van der Waals surface area contributed by atoms with Crippen molar-refractivity contribution >= 4 is 12.2 Å². The van der Waals surface area contributed by atoms with Gasteiger partial charge in [0.05, 0.1) is 18.2 Å². The molecule has 0 heterocycles. The normalized spacial score (nSPS) is 24.8. The van der Waals surface area contributed by atoms with Crippen molar-refractivity contribution < 1.29 is 24.2 Å². The highest BCUT2D eigenvalue weighted by Gasteiger charge is 2.35. The number of hydrogen-bond acceptors (Lipinski definition) is 5. The zero-order valence-corrected chi connectivity index (χ0v) is 14.0. The van der Waals surface area contributed by atoms with Gasteiger partial charge in [-0.25, -0.2) is 9.59 Å². The molecular weight excluding hydrogens is 288 g/mol. The van der Waals surface area contributed by atoms with Crippen molar-refractivity contribution in [3.05, 3.63) is 12.2 Å². The fourth-order valence-corrected chi connectivity index (χ4v) is 1.89. The fraction of sp³-hybridized carbons (Fsp3) is 0.733. The molecular formula is C15H26N2O5. The van der Waals surface area contributed by atoms with Gasteiger partial charge in [-0.3, -0.25) is 0 Å². The Balaban J connectivity index is 2.61. The molecule has 126 valence electrons. The van der Waals surface area contributed by atoms with Crippen LogP contribution in [0.3, 0.4) is 0 Å². The molecule has 1 aliphatic rings. The first-order valence-electron chi connectivity index (χ1n) is 7.23. The molecule has 7 nitrogen and oxygen atoms in total. The molecule has 3 N–H and O–H groups in total. The van der Waals surface area contributed by atoms with Gasteiger partial charge in [0.15, 0.2) is 0 Å². The second-order valence-corrected chi connectivity index (χ2v) is 7.22. The Labute approximate surface area is 131 Å². The maximum Gasteiger partial charge on any atom is 0.408 e. The maximum atomic E-state index is 11.8. The molecule has 3 atom stereocenters. The highest BCUT2D eigenvalue weighted by atomic mass is 16.6. The van der Waals surface area contributed by atoms with Gasteiger partial charge < -0.3 is 25.2 Å². The summed E-state index contributed by atoms with van der Waals surface area (Å²) in [6, 6.07) is -1.28. The fourth-order valence-electron chi connectivity index (χ4n) is 1.89. The zero-order chi connectivity index (χ0) is 17.1. The van der Waals surface area contributed by atoms with Gasteiger partial charge in [0.1, 0.15) is 11.2 Å². The topological polar surface area (TPSA) is 96.9 Å². The van der Waals surface area contributed by atoms with E-state index in [9.17, 15) is 14.7 Å². The molecule has 0 aromatic rings. The molecule has 1 rings (SSSR count). The Morgan fingerprint density at radius 3 is 1.82 bits per heavy atom. The lowest BCUT2D eigenvalue weighted by Gasteiger charge is -2.28. The summed E-state index contributed by atoms with van der Waals surface area (Å²) in [6.45, 7) is 10.5. The van der Waals surface area contributed by atoms with E-state index >= 15 is 0 Å². The van der Waals surface area contributed by atoms with E-state index in [0.29, 0.717) is 0 Å². The van der Waals surface area contributed by atoms with Crippen LogP contribution in [0.2, 0.25) is 0 Å². The van der Waals surface area contributed by atoms with Gasteiger partial charge in [-0.05, 0) is 41.5 Å². The third-order valence-electron chi connectivity index (χ3n) is 2.64. The number of hydrogen-bond donors (Lipinski definition) is 3. The van der Waals surface area contributed by atoms with Gasteiger partial charge in [-0.15, -0.1) is 0 Å². The Hall–Kier alpha value is -1.76. The average molecular weight is 314 g/mol. The summed E-state index contributed by atoms with van der Waals surface area (Å²) in [5, 5.41) is 15.1. The first-order chi connectivity index (χ1) is 9.87. The number of nitrogens with one attached hydrogen (secondary N) is 2. The summed E-state index contributed by atoms with van der Waals surface area (Å²) in [6.07, 6.45) is 0.927. The van der Waals surface area contributed by atoms with Crippen LogP contribution in [0.25, 0.3) is 0 Å². The molecule has 0 unspecified atom stereocenters. The summed E-state index contributed by atoms with van der Waals surface area (Å²) >= 11 is 0. The van der Waals surface area contributed by atoms with E-state index in [4.69, 9.17) is 9.47 Å². The van der Waals surface area contributed by atoms with E-state index in [1.807, 2.05) is 0 Å². The first kappa shape index (κ1) is 18.3. The number of amides is 2. The molecule has 22 heavy (non-hydrogen) atoms. The smallest absolute Gasteiger partial charge is 0.408 e. The van der Waals surface area contributed by atoms with Gasteiger partial charge in [-0.2, -0.15) is 0 Å². The minimum absolute atomic E-state index is 0.572. The third kappa shape index (κ3) is 6.34. The van der Waals surface area contributed by atoms with Crippen molar-refractivity contribution in [2.75, 3.05) is 0 Å². The van der Waals surface area contributed by atoms with Gasteiger partial charge >= 0.3 is 12.2 Å². The van der Waals surface area contributed by atoms with Crippen LogP contribution in [0, 0.1) is 0 Å². The maximum absolute atomic E-state index is 11.8. The van der Waals surface area contributed by atoms with E-state index in [0.717, 1.165) is 0 Å². The van der Waals surface area contributed by atoms with Crippen molar-refractivity contribution in [2.45, 2.75) is 70.9 Å². The van der Waals surface area contributed by atoms with Gasteiger partial charge in [-0.1, -0.05) is 12.2 Å². The summed E-state index contributed by atoms with van der Waals surface area (Å²) in [5.74, 6) is 0. The summed E-state index contributed by atoms with van der Waals surface area (Å²) in [7, 11) is 0. The SMILES string of the molecule is CC(C)(C)OC(=O)N[C@@H]1[C@H](O)C=C[C@H]1NC(=O)OC(C)(C)C. The Kier molecular flexibility index (Phi) is 5.45. The number of aliphatic hydroxyl groups is 1. The van der Waals surface area contributed by atoms with E-state index in [-0.39, 0.29) is 0 Å². The van der Waals surface area contributed by atoms with E-state index in [1.165, 1.54) is 6.08 Å². The van der Waals surface area contributed by atoms with Crippen LogP contribution < -0.4 is 10.6 Å². The third-order valence-corrected chi connectivity index (χ3v) is 2.64. The number of rotatable bonds is 2. The Morgan fingerprint density at radius 2 is 1.36 bits per heavy atom. The second kappa shape index (κ2) is 6.56. The molecule has 0 radical (unpaired) electrons. The summed E-state index contributed by atoms with van der Waals surface area (Å²) < 4.78 is 10.3. The van der Waals surface area contributed by atoms with Crippen molar-refractivity contribution in [3.8, 4) is 0 Å². The molecule has 0 bridgehead atoms. The number of aliphatic hydroxyl groups excluding tert-OH is 1. The molecule has 0 saturated heterocycles. The van der Waals surface area contributed by atoms with E-state index in [2.05, 4.69) is 10.6 Å². The lowest BCUT2D eigenvalue weighted by molar-refractivity contribution is 0.0400. The minimum Gasteiger partial charge on any atom is -0.444 e. The summed E-state index contributed by atoms with van der Waals surface area (Å²) in [5.41, 5.74) is -1.27. The zero-order valence-electron chi connectivity index (χ0n) is 14.0. The average Bonchev–Trinajstić information content (AvgIpc) is 2.56. The predicted octanol–water partition coefficient (Wildman–Crippen LogP) is 1.70. The number of carbonyl (C=O) groups is 2. The molecule has 0 aromatic carbocycles. The van der Waals surface area contributed by atoms with Crippen molar-refractivity contribution in [1.29, 1.82) is 0 Å². The van der Waals surface area contributed by atoms with Crippen LogP contribution in [-0.4, -0.2) is 46.7 Å². The highest BCUT2D eigenvalue weighted by molar-refractivity contribution is 5.71. The molecule has 0 spiro atoms. The van der Waals surface area contributed by atoms with Crippen LogP contribution in [0.1, 0.15) is 41.5 Å². The molecule has 1 aliphatic carbocycles. The Morgan fingerprint density at radius 1 is 0.909 bits per heavy atom. The van der Waals surface area contributed by atoms with E-state index in [1.54, 1.807) is 47.6 Å². The molecule has 2 amide bonds. The van der Waals surface area contributed by atoms with Crippen molar-refractivity contribution in [1.82, 2.24) is 10.6 Å². The van der Waals surface area contributed by atoms with Crippen molar-refractivity contribution in [3.63, 3.8) is 0 Å². The van der Waals surface area contributed by atoms with Crippen LogP contribution in [0.15, 0.2) is 12.2 Å². The molecule has 7 heteroatoms. The van der Waals surface area contributed by atoms with Crippen molar-refractivity contribution in [2.24, 2.45) is 0 Å². The molecule has 0 fully saturated rings. The Bertz CT molecular complexity index is 448.